The van der Waals surface area contributed by atoms with Crippen molar-refractivity contribution in [3.63, 3.8) is 0 Å². The van der Waals surface area contributed by atoms with Crippen molar-refractivity contribution >= 4 is 49.4 Å². The Morgan fingerprint density at radius 1 is 1.15 bits per heavy atom. The minimum Gasteiger partial charge on any atom is -0.457 e. The van der Waals surface area contributed by atoms with Gasteiger partial charge < -0.3 is 10.1 Å². The number of fused-ring (bicyclic) bond motifs is 1. The maximum Gasteiger partial charge on any atom is 0.329 e. The van der Waals surface area contributed by atoms with Crippen LogP contribution in [0.2, 0.25) is 0 Å². The second-order valence-electron chi connectivity index (χ2n) is 6.36. The molecule has 1 unspecified atom stereocenters. The molecule has 3 rings (SSSR count). The SMILES string of the molecule is CC(C)C(NC(=O)c1ccccc1Br)C(=O)OCc1nc2ccccc2s1. The van der Waals surface area contributed by atoms with Crippen LogP contribution in [-0.4, -0.2) is 22.9 Å². The van der Waals surface area contributed by atoms with E-state index in [-0.39, 0.29) is 18.4 Å². The summed E-state index contributed by atoms with van der Waals surface area (Å²) in [5.74, 6) is -0.901. The van der Waals surface area contributed by atoms with Crippen LogP contribution in [0.25, 0.3) is 10.2 Å². The lowest BCUT2D eigenvalue weighted by Crippen LogP contribution is -2.45. The number of carbonyl (C=O) groups is 2. The topological polar surface area (TPSA) is 68.3 Å². The Kier molecular flexibility index (Phi) is 6.23. The Bertz CT molecular complexity index is 938. The van der Waals surface area contributed by atoms with Crippen molar-refractivity contribution in [2.75, 3.05) is 0 Å². The number of nitrogens with one attached hydrogen (secondary N) is 1. The second kappa shape index (κ2) is 8.63. The van der Waals surface area contributed by atoms with E-state index < -0.39 is 12.0 Å². The Balaban J connectivity index is 1.66. The van der Waals surface area contributed by atoms with Crippen molar-refractivity contribution < 1.29 is 14.3 Å². The number of benzene rings is 2. The number of thiazole rings is 1. The molecule has 0 spiro atoms. The number of aromatic nitrogens is 1. The summed E-state index contributed by atoms with van der Waals surface area (Å²) in [6, 6.07) is 14.1. The number of amides is 1. The van der Waals surface area contributed by atoms with Gasteiger partial charge in [-0.1, -0.05) is 38.1 Å². The molecule has 0 aliphatic rings. The molecule has 1 heterocycles. The molecular formula is C20H19BrN2O3S. The Morgan fingerprint density at radius 2 is 1.85 bits per heavy atom. The molecule has 0 saturated carbocycles. The third-order valence-electron chi connectivity index (χ3n) is 4.00. The van der Waals surface area contributed by atoms with Crippen LogP contribution in [0.3, 0.4) is 0 Å². The van der Waals surface area contributed by atoms with E-state index in [1.807, 2.05) is 44.2 Å². The highest BCUT2D eigenvalue weighted by Gasteiger charge is 2.27. The first kappa shape index (κ1) is 19.5. The number of nitrogens with zero attached hydrogens (tertiary/aromatic N) is 1. The number of esters is 1. The monoisotopic (exact) mass is 446 g/mol. The van der Waals surface area contributed by atoms with Crippen molar-refractivity contribution in [1.82, 2.24) is 10.3 Å². The van der Waals surface area contributed by atoms with E-state index in [9.17, 15) is 9.59 Å². The predicted molar refractivity (Wildman–Crippen MR) is 110 cm³/mol. The molecule has 0 bridgehead atoms. The molecule has 3 aromatic rings. The summed E-state index contributed by atoms with van der Waals surface area (Å²) in [5, 5.41) is 3.50. The zero-order valence-electron chi connectivity index (χ0n) is 14.9. The minimum atomic E-state index is -0.737. The van der Waals surface area contributed by atoms with Crippen molar-refractivity contribution in [2.24, 2.45) is 5.92 Å². The van der Waals surface area contributed by atoms with Crippen molar-refractivity contribution in [3.05, 3.63) is 63.6 Å². The minimum absolute atomic E-state index is 0.0896. The van der Waals surface area contributed by atoms with Crippen LogP contribution >= 0.6 is 27.3 Å². The van der Waals surface area contributed by atoms with E-state index in [4.69, 9.17) is 4.74 Å². The van der Waals surface area contributed by atoms with E-state index in [0.717, 1.165) is 15.2 Å². The van der Waals surface area contributed by atoms with Gasteiger partial charge >= 0.3 is 5.97 Å². The summed E-state index contributed by atoms with van der Waals surface area (Å²) in [7, 11) is 0. The molecule has 1 aromatic heterocycles. The second-order valence-corrected chi connectivity index (χ2v) is 8.33. The third kappa shape index (κ3) is 4.73. The number of halogens is 1. The predicted octanol–water partition coefficient (Wildman–Crippen LogP) is 4.56. The molecule has 1 amide bonds. The quantitative estimate of drug-likeness (QED) is 0.563. The van der Waals surface area contributed by atoms with Crippen molar-refractivity contribution in [2.45, 2.75) is 26.5 Å². The standard InChI is InChI=1S/C20H19BrN2O3S/c1-12(2)18(23-19(24)13-7-3-4-8-14(13)21)20(25)26-11-17-22-15-9-5-6-10-16(15)27-17/h3-10,12,18H,11H2,1-2H3,(H,23,24). The zero-order chi connectivity index (χ0) is 19.4. The molecule has 7 heteroatoms. The summed E-state index contributed by atoms with van der Waals surface area (Å²) in [5.41, 5.74) is 1.36. The number of rotatable bonds is 6. The fraction of sp³-hybridized carbons (Fsp3) is 0.250. The fourth-order valence-electron chi connectivity index (χ4n) is 2.57. The van der Waals surface area contributed by atoms with Crippen molar-refractivity contribution in [1.29, 1.82) is 0 Å². The molecule has 0 fully saturated rings. The first-order valence-electron chi connectivity index (χ1n) is 8.52. The van der Waals surface area contributed by atoms with Gasteiger partial charge in [0, 0.05) is 4.47 Å². The highest BCUT2D eigenvalue weighted by Crippen LogP contribution is 2.22. The van der Waals surface area contributed by atoms with E-state index in [1.165, 1.54) is 11.3 Å². The van der Waals surface area contributed by atoms with Crippen LogP contribution < -0.4 is 5.32 Å². The lowest BCUT2D eigenvalue weighted by Gasteiger charge is -2.21. The molecule has 0 saturated heterocycles. The van der Waals surface area contributed by atoms with Gasteiger partial charge in [0.25, 0.3) is 5.91 Å². The molecule has 5 nitrogen and oxygen atoms in total. The van der Waals surface area contributed by atoms with E-state index in [2.05, 4.69) is 26.2 Å². The number of hydrogen-bond donors (Lipinski definition) is 1. The van der Waals surface area contributed by atoms with Gasteiger partial charge in [-0.3, -0.25) is 4.79 Å². The Hall–Kier alpha value is -2.25. The first-order valence-corrected chi connectivity index (χ1v) is 10.1. The molecule has 0 radical (unpaired) electrons. The lowest BCUT2D eigenvalue weighted by molar-refractivity contribution is -0.148. The Labute approximate surface area is 169 Å². The summed E-state index contributed by atoms with van der Waals surface area (Å²) in [4.78, 5) is 29.5. The largest absolute Gasteiger partial charge is 0.457 e. The van der Waals surface area contributed by atoms with Crippen LogP contribution in [0.5, 0.6) is 0 Å². The van der Waals surface area contributed by atoms with Gasteiger partial charge in [0.05, 0.1) is 15.8 Å². The van der Waals surface area contributed by atoms with E-state index in [1.54, 1.807) is 18.2 Å². The van der Waals surface area contributed by atoms with Gasteiger partial charge in [0.2, 0.25) is 0 Å². The van der Waals surface area contributed by atoms with Crippen LogP contribution in [0.15, 0.2) is 53.0 Å². The Morgan fingerprint density at radius 3 is 2.56 bits per heavy atom. The molecule has 1 N–H and O–H groups in total. The number of para-hydroxylation sites is 1. The zero-order valence-corrected chi connectivity index (χ0v) is 17.3. The highest BCUT2D eigenvalue weighted by atomic mass is 79.9. The fourth-order valence-corrected chi connectivity index (χ4v) is 3.91. The van der Waals surface area contributed by atoms with Crippen molar-refractivity contribution in [3.8, 4) is 0 Å². The van der Waals surface area contributed by atoms with Gasteiger partial charge in [0.1, 0.15) is 17.7 Å². The van der Waals surface area contributed by atoms with Gasteiger partial charge in [-0.25, -0.2) is 9.78 Å². The highest BCUT2D eigenvalue weighted by molar-refractivity contribution is 9.10. The molecule has 0 aliphatic carbocycles. The number of hydrogen-bond acceptors (Lipinski definition) is 5. The molecule has 27 heavy (non-hydrogen) atoms. The summed E-state index contributed by atoms with van der Waals surface area (Å²) < 4.78 is 7.15. The van der Waals surface area contributed by atoms with Gasteiger partial charge in [-0.2, -0.15) is 0 Å². The molecule has 2 aromatic carbocycles. The summed E-state index contributed by atoms with van der Waals surface area (Å²) >= 11 is 4.85. The molecular weight excluding hydrogens is 428 g/mol. The first-order chi connectivity index (χ1) is 13.0. The lowest BCUT2D eigenvalue weighted by atomic mass is 10.0. The van der Waals surface area contributed by atoms with Crippen LogP contribution in [-0.2, 0) is 16.1 Å². The number of carbonyl (C=O) groups excluding carboxylic acids is 2. The smallest absolute Gasteiger partial charge is 0.329 e. The van der Waals surface area contributed by atoms with Crippen LogP contribution in [0.1, 0.15) is 29.2 Å². The average Bonchev–Trinajstić information content (AvgIpc) is 3.07. The van der Waals surface area contributed by atoms with Gasteiger partial charge in [-0.15, -0.1) is 11.3 Å². The van der Waals surface area contributed by atoms with Crippen LogP contribution in [0, 0.1) is 5.92 Å². The normalized spacial score (nSPS) is 12.1. The van der Waals surface area contributed by atoms with Crippen LogP contribution in [0.4, 0.5) is 0 Å². The average molecular weight is 447 g/mol. The molecule has 140 valence electrons. The number of ether oxygens (including phenoxy) is 1. The maximum atomic E-state index is 12.6. The van der Waals surface area contributed by atoms with Gasteiger partial charge in [0.15, 0.2) is 0 Å². The summed E-state index contributed by atoms with van der Waals surface area (Å²) in [6.45, 7) is 3.82. The molecule has 0 aliphatic heterocycles. The maximum absolute atomic E-state index is 12.6. The van der Waals surface area contributed by atoms with E-state index in [0.29, 0.717) is 10.0 Å². The third-order valence-corrected chi connectivity index (χ3v) is 5.70. The summed E-state index contributed by atoms with van der Waals surface area (Å²) in [6.07, 6.45) is 0. The molecule has 1 atom stereocenters. The van der Waals surface area contributed by atoms with E-state index >= 15 is 0 Å². The van der Waals surface area contributed by atoms with Gasteiger partial charge in [-0.05, 0) is 46.1 Å².